The molecule has 0 amide bonds. The maximum Gasteiger partial charge on any atom is 0.141 e. The van der Waals surface area contributed by atoms with E-state index in [4.69, 9.17) is 14.4 Å². The van der Waals surface area contributed by atoms with Crippen LogP contribution in [0.4, 0.5) is 0 Å². The molecule has 275 valence electrons. The van der Waals surface area contributed by atoms with Crippen LogP contribution in [0, 0.1) is 24.1 Å². The molecule has 2 aromatic carbocycles. The Morgan fingerprint density at radius 1 is 0.755 bits per heavy atom. The van der Waals surface area contributed by atoms with Crippen LogP contribution in [0.5, 0.6) is 0 Å². The van der Waals surface area contributed by atoms with E-state index in [1.54, 1.807) is 10.8 Å². The summed E-state index contributed by atoms with van der Waals surface area (Å²) < 4.78 is 6.10. The Morgan fingerprint density at radius 3 is 2.25 bits per heavy atom. The zero-order valence-corrected chi connectivity index (χ0v) is 34.9. The van der Waals surface area contributed by atoms with Gasteiger partial charge in [-0.15, -0.1) is 47.5 Å². The van der Waals surface area contributed by atoms with Gasteiger partial charge in [0.2, 0.25) is 0 Å². The smallest absolute Gasteiger partial charge is 0.141 e. The zero-order chi connectivity index (χ0) is 35.2. The summed E-state index contributed by atoms with van der Waals surface area (Å²) in [4.78, 5) is 14.0. The quantitative estimate of drug-likeness (QED) is 0.128. The summed E-state index contributed by atoms with van der Waals surface area (Å²) in [6, 6.07) is 25.1. The summed E-state index contributed by atoms with van der Waals surface area (Å²) in [6.07, 6.45) is 24.7. The number of pyridine rings is 3. The molecule has 0 saturated heterocycles. The maximum absolute atomic E-state index is 6.10. The van der Waals surface area contributed by atoms with Crippen LogP contribution in [0.15, 0.2) is 77.5 Å². The molecule has 5 aliphatic carbocycles. The van der Waals surface area contributed by atoms with Crippen molar-refractivity contribution < 1.29 is 24.5 Å². The molecule has 4 saturated carbocycles. The topological polar surface area (TPSA) is 51.8 Å². The molecule has 6 heteroatoms. The minimum absolute atomic E-state index is 0. The molecule has 4 aromatic heterocycles. The van der Waals surface area contributed by atoms with Crippen LogP contribution in [-0.2, 0) is 32.9 Å². The van der Waals surface area contributed by atoms with E-state index in [0.29, 0.717) is 11.6 Å². The molecule has 4 heterocycles. The maximum atomic E-state index is 6.10. The van der Waals surface area contributed by atoms with E-state index in [1.807, 2.05) is 18.3 Å². The number of nitrogens with zero attached hydrogens (tertiary/aromatic N) is 3. The van der Waals surface area contributed by atoms with Gasteiger partial charge in [0.15, 0.2) is 0 Å². The number of fused-ring (bicyclic) bond motifs is 7. The Labute approximate surface area is 330 Å². The Morgan fingerprint density at radius 2 is 1.53 bits per heavy atom. The van der Waals surface area contributed by atoms with Gasteiger partial charge in [0.25, 0.3) is 0 Å². The van der Waals surface area contributed by atoms with Gasteiger partial charge in [-0.05, 0) is 139 Å². The van der Waals surface area contributed by atoms with Gasteiger partial charge in [-0.3, -0.25) is 0 Å². The van der Waals surface area contributed by atoms with E-state index in [9.17, 15) is 0 Å². The predicted molar refractivity (Wildman–Crippen MR) is 216 cm³/mol. The first kappa shape index (κ1) is 36.5. The van der Waals surface area contributed by atoms with Crippen molar-refractivity contribution in [3.63, 3.8) is 0 Å². The summed E-state index contributed by atoms with van der Waals surface area (Å²) in [5.41, 5.74) is 11.7. The van der Waals surface area contributed by atoms with Crippen LogP contribution in [0.1, 0.15) is 105 Å². The summed E-state index contributed by atoms with van der Waals surface area (Å²) in [7, 11) is -1.34. The molecule has 0 spiro atoms. The van der Waals surface area contributed by atoms with E-state index in [0.717, 1.165) is 57.7 Å². The van der Waals surface area contributed by atoms with Gasteiger partial charge in [0.1, 0.15) is 11.3 Å². The Kier molecular flexibility index (Phi) is 10.6. The van der Waals surface area contributed by atoms with Crippen molar-refractivity contribution in [1.82, 2.24) is 15.0 Å². The normalized spacial score (nSPS) is 21.2. The molecule has 1 atom stereocenters. The summed E-state index contributed by atoms with van der Waals surface area (Å²) in [5.74, 6) is 3.23. The molecule has 1 radical (unpaired) electrons. The fourth-order valence-corrected chi connectivity index (χ4v) is 11.6. The average molecular weight is 894 g/mol. The number of rotatable bonds is 5. The van der Waals surface area contributed by atoms with Gasteiger partial charge in [-0.1, -0.05) is 68.6 Å². The predicted octanol–water partition coefficient (Wildman–Crippen LogP) is 11.8. The molecular formula is C47H51IrN3OSi-2. The van der Waals surface area contributed by atoms with Gasteiger partial charge in [0, 0.05) is 37.9 Å². The minimum Gasteiger partial charge on any atom is -0.483 e. The molecular weight excluding hydrogens is 843 g/mol. The van der Waals surface area contributed by atoms with Crippen molar-refractivity contribution >= 4 is 35.3 Å². The van der Waals surface area contributed by atoms with Crippen LogP contribution in [0.3, 0.4) is 0 Å². The summed E-state index contributed by atoms with van der Waals surface area (Å²) >= 11 is 0. The van der Waals surface area contributed by atoms with E-state index in [1.165, 1.54) is 99.1 Å². The fourth-order valence-electron chi connectivity index (χ4n) is 9.96. The third kappa shape index (κ3) is 7.49. The van der Waals surface area contributed by atoms with E-state index >= 15 is 0 Å². The molecule has 53 heavy (non-hydrogen) atoms. The van der Waals surface area contributed by atoms with E-state index in [-0.39, 0.29) is 20.1 Å². The molecule has 4 fully saturated rings. The van der Waals surface area contributed by atoms with Gasteiger partial charge >= 0.3 is 0 Å². The Bertz CT molecular complexity index is 2210. The molecule has 0 N–H and O–H groups in total. The second-order valence-corrected chi connectivity index (χ2v) is 22.2. The number of aryl methyl sites for hydroxylation is 2. The van der Waals surface area contributed by atoms with Crippen molar-refractivity contribution in [2.24, 2.45) is 11.8 Å². The number of hydrogen-bond acceptors (Lipinski definition) is 4. The van der Waals surface area contributed by atoms with Crippen LogP contribution < -0.4 is 5.19 Å². The van der Waals surface area contributed by atoms with E-state index < -0.39 is 8.07 Å². The zero-order valence-electron chi connectivity index (χ0n) is 31.5. The van der Waals surface area contributed by atoms with Gasteiger partial charge < -0.3 is 19.4 Å². The first-order chi connectivity index (χ1) is 25.4. The average Bonchev–Trinajstić information content (AvgIpc) is 3.86. The van der Waals surface area contributed by atoms with Crippen molar-refractivity contribution in [2.45, 2.75) is 115 Å². The third-order valence-electron chi connectivity index (χ3n) is 12.8. The molecule has 1 unspecified atom stereocenters. The Hall–Kier alpha value is -3.44. The number of furan rings is 1. The fraction of sp³-hybridized carbons (Fsp3) is 0.426. The third-order valence-corrected chi connectivity index (χ3v) is 14.8. The minimum atomic E-state index is -1.34. The largest absolute Gasteiger partial charge is 0.483 e. The van der Waals surface area contributed by atoms with Crippen LogP contribution >= 0.6 is 0 Å². The molecule has 6 aromatic rings. The monoisotopic (exact) mass is 894 g/mol. The van der Waals surface area contributed by atoms with Gasteiger partial charge in [-0.25, -0.2) is 0 Å². The van der Waals surface area contributed by atoms with Crippen molar-refractivity contribution in [2.75, 3.05) is 0 Å². The first-order valence-corrected chi connectivity index (χ1v) is 23.6. The molecule has 11 rings (SSSR count). The van der Waals surface area contributed by atoms with Crippen LogP contribution in [0.25, 0.3) is 44.6 Å². The standard InChI is InChI=1S/C28H27N2O.C19H24NSi.Ir/c1-2-4-20-15-27-24(12-19(20)3-1)25-13-22(16-30-28(25)31-27)26-14-21(9-10-29-26)23-11-17-5-7-18(23)8-6-17;1-21(2,3)19-14-20-18(16-11-5-4-6-12-16)13-17(19)15-9-7-8-10-15;/h9-10,12-15,17-18,23H,1-8,11H2;4-6,11,13-15H,7-10H2,1-3H3;/q2*-1;. The SMILES string of the molecule is C[Si](C)(C)c1cnc(-c2[c-]cccc2)cc1C1CCCC1.[Ir].[c-]1nc2oc3cc4c(cc3c2cc1-c1cc(C2CC3CCC2CC3)ccn1)CCCC4. The van der Waals surface area contributed by atoms with Gasteiger partial charge in [0.05, 0.1) is 8.07 Å². The number of benzene rings is 2. The summed E-state index contributed by atoms with van der Waals surface area (Å²) in [5, 5.41) is 3.81. The van der Waals surface area contributed by atoms with Crippen molar-refractivity contribution in [3.8, 4) is 22.5 Å². The number of aromatic nitrogens is 3. The molecule has 2 bridgehead atoms. The number of hydrogen-bond donors (Lipinski definition) is 0. The van der Waals surface area contributed by atoms with Gasteiger partial charge in [-0.2, -0.15) is 0 Å². The second-order valence-electron chi connectivity index (χ2n) is 17.2. The molecule has 0 aliphatic heterocycles. The van der Waals surface area contributed by atoms with Crippen molar-refractivity contribution in [3.05, 3.63) is 108 Å². The molecule has 5 aliphatic rings. The molecule has 4 nitrogen and oxygen atoms in total. The summed E-state index contributed by atoms with van der Waals surface area (Å²) in [6.45, 7) is 7.28. The van der Waals surface area contributed by atoms with Crippen LogP contribution in [0.2, 0.25) is 19.6 Å². The second kappa shape index (κ2) is 15.4. The van der Waals surface area contributed by atoms with Crippen LogP contribution in [-0.4, -0.2) is 23.0 Å². The van der Waals surface area contributed by atoms with Crippen molar-refractivity contribution in [1.29, 1.82) is 0 Å². The Balaban J connectivity index is 0.000000160. The first-order valence-electron chi connectivity index (χ1n) is 20.1. The van der Waals surface area contributed by atoms with E-state index in [2.05, 4.69) is 91.6 Å².